The Morgan fingerprint density at radius 2 is 2.00 bits per heavy atom. The van der Waals surface area contributed by atoms with Crippen LogP contribution in [0.3, 0.4) is 0 Å². The highest BCUT2D eigenvalue weighted by Crippen LogP contribution is 2.52. The summed E-state index contributed by atoms with van der Waals surface area (Å²) in [4.78, 5) is 2.55. The van der Waals surface area contributed by atoms with E-state index in [2.05, 4.69) is 25.7 Å². The van der Waals surface area contributed by atoms with E-state index >= 15 is 0 Å². The molecule has 1 aliphatic heterocycles. The normalized spacial score (nSPS) is 32.8. The zero-order valence-electron chi connectivity index (χ0n) is 9.14. The van der Waals surface area contributed by atoms with Crippen LogP contribution < -0.4 is 5.73 Å². The van der Waals surface area contributed by atoms with Crippen molar-refractivity contribution in [2.75, 3.05) is 19.6 Å². The Balaban J connectivity index is 1.91. The average Bonchev–Trinajstić information content (AvgIpc) is 2.58. The van der Waals surface area contributed by atoms with Crippen LogP contribution in [-0.2, 0) is 0 Å². The summed E-state index contributed by atoms with van der Waals surface area (Å²) >= 11 is 0. The fourth-order valence-corrected chi connectivity index (χ4v) is 2.58. The Labute approximate surface area is 81.5 Å². The molecule has 1 heterocycles. The lowest BCUT2D eigenvalue weighted by atomic mass is 9.96. The zero-order chi connectivity index (χ0) is 9.69. The van der Waals surface area contributed by atoms with Gasteiger partial charge in [0.15, 0.2) is 0 Å². The first kappa shape index (κ1) is 9.47. The van der Waals surface area contributed by atoms with Crippen molar-refractivity contribution in [3.8, 4) is 0 Å². The van der Waals surface area contributed by atoms with E-state index in [4.69, 9.17) is 5.73 Å². The van der Waals surface area contributed by atoms with Gasteiger partial charge >= 0.3 is 0 Å². The third-order valence-corrected chi connectivity index (χ3v) is 3.37. The van der Waals surface area contributed by atoms with E-state index in [-0.39, 0.29) is 0 Å². The average molecular weight is 182 g/mol. The number of rotatable bonds is 1. The quantitative estimate of drug-likeness (QED) is 0.665. The Bertz CT molecular complexity index is 199. The van der Waals surface area contributed by atoms with Crippen LogP contribution in [0.1, 0.15) is 33.6 Å². The molecule has 1 spiro atoms. The summed E-state index contributed by atoms with van der Waals surface area (Å²) in [5, 5.41) is 0. The fraction of sp³-hybridized carbons (Fsp3) is 1.00. The number of hydrogen-bond donors (Lipinski definition) is 1. The molecule has 2 aliphatic rings. The molecular formula is C11H22N2. The largest absolute Gasteiger partial charge is 0.326 e. The van der Waals surface area contributed by atoms with Gasteiger partial charge in [0, 0.05) is 25.7 Å². The van der Waals surface area contributed by atoms with E-state index in [1.165, 1.54) is 25.9 Å². The lowest BCUT2D eigenvalue weighted by Crippen LogP contribution is -2.33. The maximum Gasteiger partial charge on any atom is 0.0237 e. The van der Waals surface area contributed by atoms with E-state index in [9.17, 15) is 0 Å². The second-order valence-electron chi connectivity index (χ2n) is 6.20. The molecule has 0 aromatic carbocycles. The molecule has 2 fully saturated rings. The lowest BCUT2D eigenvalue weighted by Gasteiger charge is -2.26. The van der Waals surface area contributed by atoms with Crippen molar-refractivity contribution in [1.29, 1.82) is 0 Å². The van der Waals surface area contributed by atoms with Crippen molar-refractivity contribution in [3.05, 3.63) is 0 Å². The van der Waals surface area contributed by atoms with Gasteiger partial charge in [-0.25, -0.2) is 0 Å². The van der Waals surface area contributed by atoms with E-state index in [0.717, 1.165) is 6.54 Å². The van der Waals surface area contributed by atoms with Crippen molar-refractivity contribution >= 4 is 0 Å². The van der Waals surface area contributed by atoms with Gasteiger partial charge in [-0.15, -0.1) is 0 Å². The van der Waals surface area contributed by atoms with Gasteiger partial charge < -0.3 is 10.6 Å². The van der Waals surface area contributed by atoms with Crippen LogP contribution in [0.5, 0.6) is 0 Å². The predicted molar refractivity (Wildman–Crippen MR) is 55.5 cm³/mol. The fourth-order valence-electron chi connectivity index (χ4n) is 2.58. The highest BCUT2D eigenvalue weighted by Gasteiger charge is 2.53. The molecule has 0 bridgehead atoms. The van der Waals surface area contributed by atoms with Crippen LogP contribution in [-0.4, -0.2) is 30.6 Å². The van der Waals surface area contributed by atoms with E-state index in [1.54, 1.807) is 0 Å². The SMILES string of the molecule is CC(C)(C)CN1C[C@H](N)C2(CC2)C1. The van der Waals surface area contributed by atoms with Crippen molar-refractivity contribution in [2.24, 2.45) is 16.6 Å². The number of nitrogens with zero attached hydrogens (tertiary/aromatic N) is 1. The van der Waals surface area contributed by atoms with Crippen LogP contribution in [0, 0.1) is 10.8 Å². The summed E-state index contributed by atoms with van der Waals surface area (Å²) in [5.41, 5.74) is 7.11. The summed E-state index contributed by atoms with van der Waals surface area (Å²) < 4.78 is 0. The standard InChI is InChI=1S/C11H22N2/c1-10(2,3)7-13-6-9(12)11(8-13)4-5-11/h9H,4-8,12H2,1-3H3/t9-/m0/s1. The third-order valence-electron chi connectivity index (χ3n) is 3.37. The van der Waals surface area contributed by atoms with Crippen LogP contribution in [0.4, 0.5) is 0 Å². The Kier molecular flexibility index (Phi) is 1.97. The monoisotopic (exact) mass is 182 g/mol. The Hall–Kier alpha value is -0.0800. The van der Waals surface area contributed by atoms with Crippen molar-refractivity contribution in [3.63, 3.8) is 0 Å². The summed E-state index contributed by atoms with van der Waals surface area (Å²) in [7, 11) is 0. The number of likely N-dealkylation sites (tertiary alicyclic amines) is 1. The van der Waals surface area contributed by atoms with E-state index < -0.39 is 0 Å². The molecule has 1 aliphatic carbocycles. The maximum atomic E-state index is 6.14. The molecule has 1 atom stereocenters. The molecule has 2 rings (SSSR count). The Morgan fingerprint density at radius 1 is 1.38 bits per heavy atom. The second kappa shape index (κ2) is 2.71. The second-order valence-corrected chi connectivity index (χ2v) is 6.20. The highest BCUT2D eigenvalue weighted by molar-refractivity contribution is 5.08. The zero-order valence-corrected chi connectivity index (χ0v) is 9.14. The first-order valence-corrected chi connectivity index (χ1v) is 5.39. The molecule has 13 heavy (non-hydrogen) atoms. The van der Waals surface area contributed by atoms with Gasteiger partial charge in [0.25, 0.3) is 0 Å². The van der Waals surface area contributed by atoms with Crippen LogP contribution in [0.2, 0.25) is 0 Å². The highest BCUT2D eigenvalue weighted by atomic mass is 15.2. The van der Waals surface area contributed by atoms with Crippen LogP contribution in [0.25, 0.3) is 0 Å². The molecule has 0 unspecified atom stereocenters. The van der Waals surface area contributed by atoms with Crippen molar-refractivity contribution in [2.45, 2.75) is 39.7 Å². The van der Waals surface area contributed by atoms with Gasteiger partial charge in [0.05, 0.1) is 0 Å². The molecule has 2 nitrogen and oxygen atoms in total. The van der Waals surface area contributed by atoms with Gasteiger partial charge in [0.1, 0.15) is 0 Å². The lowest BCUT2D eigenvalue weighted by molar-refractivity contribution is 0.218. The summed E-state index contributed by atoms with van der Waals surface area (Å²) in [5.74, 6) is 0. The first-order valence-electron chi connectivity index (χ1n) is 5.39. The molecule has 0 aromatic rings. The minimum atomic E-state index is 0.417. The van der Waals surface area contributed by atoms with Gasteiger partial charge in [-0.3, -0.25) is 0 Å². The summed E-state index contributed by atoms with van der Waals surface area (Å²) in [6, 6.07) is 0.454. The number of nitrogens with two attached hydrogens (primary N) is 1. The van der Waals surface area contributed by atoms with Gasteiger partial charge in [0.2, 0.25) is 0 Å². The molecule has 76 valence electrons. The van der Waals surface area contributed by atoms with Gasteiger partial charge in [-0.2, -0.15) is 0 Å². The van der Waals surface area contributed by atoms with E-state index in [1.807, 2.05) is 0 Å². The minimum absolute atomic E-state index is 0.417. The molecule has 1 saturated heterocycles. The topological polar surface area (TPSA) is 29.3 Å². The summed E-state index contributed by atoms with van der Waals surface area (Å²) in [6.45, 7) is 10.5. The third kappa shape index (κ3) is 1.89. The Morgan fingerprint density at radius 3 is 2.38 bits per heavy atom. The summed E-state index contributed by atoms with van der Waals surface area (Å²) in [6.07, 6.45) is 2.74. The van der Waals surface area contributed by atoms with Gasteiger partial charge in [-0.05, 0) is 23.7 Å². The predicted octanol–water partition coefficient (Wildman–Crippen LogP) is 1.46. The van der Waals surface area contributed by atoms with Crippen molar-refractivity contribution in [1.82, 2.24) is 4.90 Å². The van der Waals surface area contributed by atoms with Crippen LogP contribution in [0.15, 0.2) is 0 Å². The molecule has 0 aromatic heterocycles. The smallest absolute Gasteiger partial charge is 0.0237 e. The molecule has 0 amide bonds. The molecule has 2 N–H and O–H groups in total. The number of hydrogen-bond acceptors (Lipinski definition) is 2. The van der Waals surface area contributed by atoms with E-state index in [0.29, 0.717) is 16.9 Å². The minimum Gasteiger partial charge on any atom is -0.326 e. The van der Waals surface area contributed by atoms with Crippen molar-refractivity contribution < 1.29 is 0 Å². The molecule has 1 saturated carbocycles. The maximum absolute atomic E-state index is 6.14. The van der Waals surface area contributed by atoms with Gasteiger partial charge in [-0.1, -0.05) is 20.8 Å². The molecular weight excluding hydrogens is 160 g/mol. The van der Waals surface area contributed by atoms with Crippen LogP contribution >= 0.6 is 0 Å². The molecule has 0 radical (unpaired) electrons. The first-order chi connectivity index (χ1) is 5.91. The molecule has 2 heteroatoms.